The summed E-state index contributed by atoms with van der Waals surface area (Å²) >= 11 is 0. The van der Waals surface area contributed by atoms with Crippen LogP contribution in [-0.2, 0) is 0 Å². The maximum absolute atomic E-state index is 13.9. The number of unbranched alkanes of at least 4 members (excludes halogenated alkanes) is 1. The van der Waals surface area contributed by atoms with Crippen molar-refractivity contribution in [2.75, 3.05) is 18.5 Å². The summed E-state index contributed by atoms with van der Waals surface area (Å²) in [5, 5.41) is 0. The molecule has 0 fully saturated rings. The predicted molar refractivity (Wildman–Crippen MR) is 71.7 cm³/mol. The van der Waals surface area contributed by atoms with Gasteiger partial charge in [-0.3, -0.25) is 0 Å². The van der Waals surface area contributed by atoms with Crippen molar-refractivity contribution in [1.29, 1.82) is 0 Å². The molecule has 0 radical (unpaired) electrons. The lowest BCUT2D eigenvalue weighted by molar-refractivity contribution is 0.614. The van der Waals surface area contributed by atoms with Gasteiger partial charge >= 0.3 is 0 Å². The summed E-state index contributed by atoms with van der Waals surface area (Å²) in [7, 11) is 1.90. The zero-order chi connectivity index (χ0) is 12.8. The summed E-state index contributed by atoms with van der Waals surface area (Å²) in [6, 6.07) is 4.90. The fourth-order valence-electron chi connectivity index (χ4n) is 1.89. The van der Waals surface area contributed by atoms with E-state index in [2.05, 4.69) is 6.58 Å². The van der Waals surface area contributed by atoms with Crippen molar-refractivity contribution in [2.45, 2.75) is 25.8 Å². The molecule has 0 heterocycles. The lowest BCUT2D eigenvalue weighted by atomic mass is 10.1. The van der Waals surface area contributed by atoms with Crippen LogP contribution in [0.3, 0.4) is 0 Å². The monoisotopic (exact) mass is 236 g/mol. The van der Waals surface area contributed by atoms with Crippen molar-refractivity contribution < 1.29 is 4.39 Å². The van der Waals surface area contributed by atoms with Crippen LogP contribution in [0.15, 0.2) is 30.9 Å². The maximum Gasteiger partial charge on any atom is 0.146 e. The molecule has 0 aliphatic rings. The largest absolute Gasteiger partial charge is 0.372 e. The molecule has 0 aliphatic carbocycles. The van der Waals surface area contributed by atoms with Gasteiger partial charge in [-0.05, 0) is 31.4 Å². The van der Waals surface area contributed by atoms with E-state index in [1.807, 2.05) is 31.0 Å². The summed E-state index contributed by atoms with van der Waals surface area (Å²) in [5.74, 6) is -0.207. The molecule has 0 amide bonds. The third-order valence-corrected chi connectivity index (χ3v) is 2.79. The molecular formula is C14H21FN2. The number of nitrogens with zero attached hydrogens (tertiary/aromatic N) is 1. The summed E-state index contributed by atoms with van der Waals surface area (Å²) in [5.41, 5.74) is 7.34. The molecule has 0 aromatic heterocycles. The van der Waals surface area contributed by atoms with Crippen LogP contribution in [0.25, 0.3) is 0 Å². The van der Waals surface area contributed by atoms with Crippen molar-refractivity contribution in [3.8, 4) is 0 Å². The standard InChI is InChI=1S/C14H21FN2/c1-4-5-6-10-17(3)14-12(11(2)16)8-7-9-13(14)15/h4,7-9,11H,1,5-6,10,16H2,2-3H3/t11-/m1/s1. The fraction of sp³-hybridized carbons (Fsp3) is 0.429. The van der Waals surface area contributed by atoms with Crippen molar-refractivity contribution in [3.05, 3.63) is 42.2 Å². The van der Waals surface area contributed by atoms with Crippen molar-refractivity contribution in [1.82, 2.24) is 0 Å². The average molecular weight is 236 g/mol. The number of para-hydroxylation sites is 1. The van der Waals surface area contributed by atoms with E-state index < -0.39 is 0 Å². The molecule has 94 valence electrons. The summed E-state index contributed by atoms with van der Waals surface area (Å²) < 4.78 is 13.9. The quantitative estimate of drug-likeness (QED) is 0.607. The Morgan fingerprint density at radius 1 is 1.53 bits per heavy atom. The SMILES string of the molecule is C=CCCCN(C)c1c(F)cccc1[C@@H](C)N. The third kappa shape index (κ3) is 3.56. The van der Waals surface area contributed by atoms with Gasteiger partial charge in [0.25, 0.3) is 0 Å². The van der Waals surface area contributed by atoms with Gasteiger partial charge in [-0.15, -0.1) is 6.58 Å². The van der Waals surface area contributed by atoms with E-state index in [-0.39, 0.29) is 11.9 Å². The average Bonchev–Trinajstić information content (AvgIpc) is 2.28. The van der Waals surface area contributed by atoms with Gasteiger partial charge in [0.05, 0.1) is 5.69 Å². The van der Waals surface area contributed by atoms with E-state index in [1.54, 1.807) is 6.07 Å². The van der Waals surface area contributed by atoms with E-state index in [0.717, 1.165) is 24.9 Å². The molecule has 0 bridgehead atoms. The molecule has 1 rings (SSSR count). The molecule has 0 unspecified atom stereocenters. The molecular weight excluding hydrogens is 215 g/mol. The first-order valence-corrected chi connectivity index (χ1v) is 5.94. The Labute approximate surface area is 103 Å². The van der Waals surface area contributed by atoms with Crippen LogP contribution in [0, 0.1) is 5.82 Å². The van der Waals surface area contributed by atoms with Gasteiger partial charge in [-0.1, -0.05) is 18.2 Å². The summed E-state index contributed by atoms with van der Waals surface area (Å²) in [6.45, 7) is 6.35. The van der Waals surface area contributed by atoms with Crippen molar-refractivity contribution in [3.63, 3.8) is 0 Å². The molecule has 1 aromatic carbocycles. The van der Waals surface area contributed by atoms with E-state index >= 15 is 0 Å². The van der Waals surface area contributed by atoms with E-state index in [0.29, 0.717) is 5.69 Å². The normalized spacial score (nSPS) is 12.2. The van der Waals surface area contributed by atoms with Crippen LogP contribution in [0.5, 0.6) is 0 Å². The van der Waals surface area contributed by atoms with E-state index in [9.17, 15) is 4.39 Å². The van der Waals surface area contributed by atoms with Gasteiger partial charge < -0.3 is 10.6 Å². The van der Waals surface area contributed by atoms with Crippen molar-refractivity contribution in [2.24, 2.45) is 5.73 Å². The molecule has 2 nitrogen and oxygen atoms in total. The Morgan fingerprint density at radius 3 is 2.82 bits per heavy atom. The highest BCUT2D eigenvalue weighted by Gasteiger charge is 2.14. The molecule has 0 saturated carbocycles. The Balaban J connectivity index is 2.90. The Bertz CT molecular complexity index is 374. The van der Waals surface area contributed by atoms with Gasteiger partial charge in [0.1, 0.15) is 5.82 Å². The molecule has 17 heavy (non-hydrogen) atoms. The zero-order valence-electron chi connectivity index (χ0n) is 10.6. The minimum atomic E-state index is -0.207. The molecule has 1 aromatic rings. The van der Waals surface area contributed by atoms with E-state index in [1.165, 1.54) is 6.07 Å². The first kappa shape index (κ1) is 13.7. The fourth-order valence-corrected chi connectivity index (χ4v) is 1.89. The topological polar surface area (TPSA) is 29.3 Å². The first-order valence-electron chi connectivity index (χ1n) is 5.94. The number of benzene rings is 1. The highest BCUT2D eigenvalue weighted by molar-refractivity contribution is 5.55. The number of rotatable bonds is 6. The maximum atomic E-state index is 13.9. The van der Waals surface area contributed by atoms with Gasteiger partial charge in [-0.2, -0.15) is 0 Å². The number of hydrogen-bond donors (Lipinski definition) is 1. The minimum Gasteiger partial charge on any atom is -0.372 e. The Kier molecular flexibility index (Phi) is 5.16. The molecule has 0 aliphatic heterocycles. The zero-order valence-corrected chi connectivity index (χ0v) is 10.6. The Hall–Kier alpha value is -1.35. The van der Waals surface area contributed by atoms with Crippen molar-refractivity contribution >= 4 is 5.69 Å². The Morgan fingerprint density at radius 2 is 2.24 bits per heavy atom. The highest BCUT2D eigenvalue weighted by atomic mass is 19.1. The molecule has 0 spiro atoms. The van der Waals surface area contributed by atoms with E-state index in [4.69, 9.17) is 5.73 Å². The van der Waals surface area contributed by atoms with Gasteiger partial charge in [-0.25, -0.2) is 4.39 Å². The number of anilines is 1. The first-order chi connectivity index (χ1) is 8.07. The second-order valence-electron chi connectivity index (χ2n) is 4.32. The number of nitrogens with two attached hydrogens (primary N) is 1. The third-order valence-electron chi connectivity index (χ3n) is 2.79. The number of halogens is 1. The minimum absolute atomic E-state index is 0.164. The van der Waals surface area contributed by atoms with Gasteiger partial charge in [0, 0.05) is 19.6 Å². The van der Waals surface area contributed by atoms with Crippen LogP contribution in [0.2, 0.25) is 0 Å². The lowest BCUT2D eigenvalue weighted by Gasteiger charge is -2.24. The molecule has 2 N–H and O–H groups in total. The lowest BCUT2D eigenvalue weighted by Crippen LogP contribution is -2.23. The smallest absolute Gasteiger partial charge is 0.146 e. The number of allylic oxidation sites excluding steroid dienone is 1. The van der Waals surface area contributed by atoms with Crippen LogP contribution in [-0.4, -0.2) is 13.6 Å². The molecule has 0 saturated heterocycles. The van der Waals surface area contributed by atoms with Gasteiger partial charge in [0.15, 0.2) is 0 Å². The predicted octanol–water partition coefficient (Wildman–Crippen LogP) is 3.25. The van der Waals surface area contributed by atoms with Crippen LogP contribution >= 0.6 is 0 Å². The highest BCUT2D eigenvalue weighted by Crippen LogP contribution is 2.27. The van der Waals surface area contributed by atoms with Gasteiger partial charge in [0.2, 0.25) is 0 Å². The summed E-state index contributed by atoms with van der Waals surface area (Å²) in [6.07, 6.45) is 3.78. The number of hydrogen-bond acceptors (Lipinski definition) is 2. The second-order valence-corrected chi connectivity index (χ2v) is 4.32. The van der Waals surface area contributed by atoms with Crippen LogP contribution in [0.1, 0.15) is 31.4 Å². The molecule has 1 atom stereocenters. The second kappa shape index (κ2) is 6.40. The summed E-state index contributed by atoms with van der Waals surface area (Å²) in [4.78, 5) is 1.93. The van der Waals surface area contributed by atoms with Crippen LogP contribution in [0.4, 0.5) is 10.1 Å². The van der Waals surface area contributed by atoms with Crippen LogP contribution < -0.4 is 10.6 Å². The molecule has 3 heteroatoms.